The molecular formula is C13H20BrNO. The molecule has 0 aliphatic heterocycles. The molecule has 0 atom stereocenters. The zero-order chi connectivity index (χ0) is 12.0. The summed E-state index contributed by atoms with van der Waals surface area (Å²) in [6.45, 7) is 8.82. The van der Waals surface area contributed by atoms with Crippen LogP contribution in [0.25, 0.3) is 0 Å². The number of nitrogens with one attached hydrogen (secondary N) is 1. The number of ether oxygens (including phenoxy) is 1. The molecule has 0 heterocycles. The fourth-order valence-corrected chi connectivity index (χ4v) is 1.60. The van der Waals surface area contributed by atoms with Crippen molar-refractivity contribution in [2.45, 2.75) is 33.0 Å². The van der Waals surface area contributed by atoms with Crippen LogP contribution < -0.4 is 5.32 Å². The van der Waals surface area contributed by atoms with Crippen molar-refractivity contribution < 1.29 is 4.74 Å². The summed E-state index contributed by atoms with van der Waals surface area (Å²) in [5.74, 6) is 0. The molecule has 0 unspecified atom stereocenters. The van der Waals surface area contributed by atoms with Gasteiger partial charge in [0.2, 0.25) is 0 Å². The van der Waals surface area contributed by atoms with Crippen LogP contribution in [0.5, 0.6) is 0 Å². The quantitative estimate of drug-likeness (QED) is 0.866. The summed E-state index contributed by atoms with van der Waals surface area (Å²) in [7, 11) is 0. The van der Waals surface area contributed by atoms with Crippen molar-refractivity contribution >= 4 is 15.9 Å². The third-order valence-electron chi connectivity index (χ3n) is 2.34. The number of hydrogen-bond donors (Lipinski definition) is 1. The molecule has 90 valence electrons. The first kappa shape index (κ1) is 13.7. The van der Waals surface area contributed by atoms with Crippen molar-refractivity contribution in [1.29, 1.82) is 0 Å². The second-order valence-corrected chi connectivity index (χ2v) is 5.37. The van der Waals surface area contributed by atoms with Gasteiger partial charge in [0.25, 0.3) is 0 Å². The van der Waals surface area contributed by atoms with E-state index in [0.29, 0.717) is 6.61 Å². The van der Waals surface area contributed by atoms with Gasteiger partial charge >= 0.3 is 0 Å². The average Bonchev–Trinajstić information content (AvgIpc) is 2.26. The summed E-state index contributed by atoms with van der Waals surface area (Å²) in [4.78, 5) is 0. The highest BCUT2D eigenvalue weighted by Gasteiger charge is 2.17. The van der Waals surface area contributed by atoms with Crippen molar-refractivity contribution in [1.82, 2.24) is 5.32 Å². The first-order valence-corrected chi connectivity index (χ1v) is 6.42. The number of benzene rings is 1. The maximum atomic E-state index is 5.88. The van der Waals surface area contributed by atoms with Gasteiger partial charge in [-0.25, -0.2) is 0 Å². The SMILES string of the molecule is CCNCC(C)(C)OCc1ccc(Br)cc1. The number of halogens is 1. The van der Waals surface area contributed by atoms with E-state index >= 15 is 0 Å². The van der Waals surface area contributed by atoms with Crippen LogP contribution in [-0.2, 0) is 11.3 Å². The lowest BCUT2D eigenvalue weighted by atomic mass is 10.1. The predicted octanol–water partition coefficient (Wildman–Crippen LogP) is 3.35. The molecule has 0 fully saturated rings. The van der Waals surface area contributed by atoms with Gasteiger partial charge in [0.15, 0.2) is 0 Å². The molecule has 16 heavy (non-hydrogen) atoms. The largest absolute Gasteiger partial charge is 0.370 e. The molecule has 3 heteroatoms. The monoisotopic (exact) mass is 285 g/mol. The Hall–Kier alpha value is -0.380. The van der Waals surface area contributed by atoms with Gasteiger partial charge in [-0.05, 0) is 38.1 Å². The van der Waals surface area contributed by atoms with E-state index < -0.39 is 0 Å². The predicted molar refractivity (Wildman–Crippen MR) is 71.6 cm³/mol. The molecule has 0 radical (unpaired) electrons. The van der Waals surface area contributed by atoms with Gasteiger partial charge < -0.3 is 10.1 Å². The molecular weight excluding hydrogens is 266 g/mol. The minimum Gasteiger partial charge on any atom is -0.370 e. The zero-order valence-electron chi connectivity index (χ0n) is 10.2. The van der Waals surface area contributed by atoms with Gasteiger partial charge in [-0.15, -0.1) is 0 Å². The molecule has 1 aromatic rings. The minimum absolute atomic E-state index is 0.122. The summed E-state index contributed by atoms with van der Waals surface area (Å²) in [6, 6.07) is 8.23. The second kappa shape index (κ2) is 6.38. The molecule has 1 aromatic carbocycles. The van der Waals surface area contributed by atoms with Gasteiger partial charge in [-0.1, -0.05) is 35.0 Å². The Labute approximate surface area is 107 Å². The van der Waals surface area contributed by atoms with Crippen LogP contribution >= 0.6 is 15.9 Å². The molecule has 0 aliphatic rings. The molecule has 1 rings (SSSR count). The van der Waals surface area contributed by atoms with Crippen LogP contribution in [0, 0.1) is 0 Å². The summed E-state index contributed by atoms with van der Waals surface area (Å²) in [6.07, 6.45) is 0. The van der Waals surface area contributed by atoms with E-state index in [4.69, 9.17) is 4.74 Å². The molecule has 0 saturated heterocycles. The third kappa shape index (κ3) is 5.10. The Morgan fingerprint density at radius 2 is 1.88 bits per heavy atom. The lowest BCUT2D eigenvalue weighted by Gasteiger charge is -2.25. The summed E-state index contributed by atoms with van der Waals surface area (Å²) < 4.78 is 6.98. The van der Waals surface area contributed by atoms with Crippen molar-refractivity contribution in [3.8, 4) is 0 Å². The number of rotatable bonds is 6. The normalized spacial score (nSPS) is 11.8. The van der Waals surface area contributed by atoms with Crippen molar-refractivity contribution in [3.63, 3.8) is 0 Å². The molecule has 0 bridgehead atoms. The minimum atomic E-state index is -0.122. The first-order valence-electron chi connectivity index (χ1n) is 5.62. The van der Waals surface area contributed by atoms with E-state index in [2.05, 4.69) is 54.2 Å². The van der Waals surface area contributed by atoms with Crippen molar-refractivity contribution in [3.05, 3.63) is 34.3 Å². The standard InChI is InChI=1S/C13H20BrNO/c1-4-15-10-13(2,3)16-9-11-5-7-12(14)8-6-11/h5-8,15H,4,9-10H2,1-3H3. The fourth-order valence-electron chi connectivity index (χ4n) is 1.34. The molecule has 0 aromatic heterocycles. The van der Waals surface area contributed by atoms with Gasteiger partial charge in [-0.2, -0.15) is 0 Å². The topological polar surface area (TPSA) is 21.3 Å². The highest BCUT2D eigenvalue weighted by Crippen LogP contribution is 2.15. The molecule has 1 N–H and O–H groups in total. The van der Waals surface area contributed by atoms with Crippen LogP contribution in [0.15, 0.2) is 28.7 Å². The molecule has 0 saturated carbocycles. The van der Waals surface area contributed by atoms with Crippen molar-refractivity contribution in [2.75, 3.05) is 13.1 Å². The fraction of sp³-hybridized carbons (Fsp3) is 0.538. The van der Waals surface area contributed by atoms with E-state index in [9.17, 15) is 0 Å². The number of likely N-dealkylation sites (N-methyl/N-ethyl adjacent to an activating group) is 1. The maximum absolute atomic E-state index is 5.88. The zero-order valence-corrected chi connectivity index (χ0v) is 11.8. The van der Waals surface area contributed by atoms with E-state index in [1.165, 1.54) is 5.56 Å². The van der Waals surface area contributed by atoms with Crippen LogP contribution in [0.1, 0.15) is 26.3 Å². The summed E-state index contributed by atoms with van der Waals surface area (Å²) in [5.41, 5.74) is 1.08. The van der Waals surface area contributed by atoms with Gasteiger partial charge in [-0.3, -0.25) is 0 Å². The Morgan fingerprint density at radius 1 is 1.25 bits per heavy atom. The van der Waals surface area contributed by atoms with Gasteiger partial charge in [0, 0.05) is 11.0 Å². The Kier molecular flexibility index (Phi) is 5.46. The molecule has 0 amide bonds. The van der Waals surface area contributed by atoms with Crippen molar-refractivity contribution in [2.24, 2.45) is 0 Å². The lowest BCUT2D eigenvalue weighted by Crippen LogP contribution is -2.37. The molecule has 2 nitrogen and oxygen atoms in total. The first-order chi connectivity index (χ1) is 7.53. The van der Waals surface area contributed by atoms with Gasteiger partial charge in [0.05, 0.1) is 12.2 Å². The summed E-state index contributed by atoms with van der Waals surface area (Å²) >= 11 is 3.42. The van der Waals surface area contributed by atoms with E-state index in [0.717, 1.165) is 17.6 Å². The van der Waals surface area contributed by atoms with E-state index in [1.807, 2.05) is 12.1 Å². The van der Waals surface area contributed by atoms with Crippen LogP contribution in [-0.4, -0.2) is 18.7 Å². The maximum Gasteiger partial charge on any atom is 0.0754 e. The smallest absolute Gasteiger partial charge is 0.0754 e. The Morgan fingerprint density at radius 3 is 2.44 bits per heavy atom. The summed E-state index contributed by atoms with van der Waals surface area (Å²) in [5, 5.41) is 3.30. The second-order valence-electron chi connectivity index (χ2n) is 4.46. The van der Waals surface area contributed by atoms with Gasteiger partial charge in [0.1, 0.15) is 0 Å². The third-order valence-corrected chi connectivity index (χ3v) is 2.87. The highest BCUT2D eigenvalue weighted by atomic mass is 79.9. The van der Waals surface area contributed by atoms with E-state index in [1.54, 1.807) is 0 Å². The van der Waals surface area contributed by atoms with Crippen LogP contribution in [0.2, 0.25) is 0 Å². The lowest BCUT2D eigenvalue weighted by molar-refractivity contribution is -0.0275. The van der Waals surface area contributed by atoms with E-state index in [-0.39, 0.29) is 5.60 Å². The highest BCUT2D eigenvalue weighted by molar-refractivity contribution is 9.10. The van der Waals surface area contributed by atoms with Crippen LogP contribution in [0.4, 0.5) is 0 Å². The average molecular weight is 286 g/mol. The molecule has 0 aliphatic carbocycles. The van der Waals surface area contributed by atoms with Crippen LogP contribution in [0.3, 0.4) is 0 Å². The molecule has 0 spiro atoms. The number of hydrogen-bond acceptors (Lipinski definition) is 2. The Balaban J connectivity index is 2.41. The Bertz CT molecular complexity index is 308.